The van der Waals surface area contributed by atoms with Gasteiger partial charge in [0.25, 0.3) is 5.56 Å². The minimum absolute atomic E-state index is 0.194. The molecular formula is C24H23N9O. The van der Waals surface area contributed by atoms with E-state index in [2.05, 4.69) is 48.2 Å². The third-order valence-electron chi connectivity index (χ3n) is 6.03. The fourth-order valence-electron chi connectivity index (χ4n) is 4.51. The van der Waals surface area contributed by atoms with Gasteiger partial charge >= 0.3 is 0 Å². The van der Waals surface area contributed by atoms with Gasteiger partial charge in [0.1, 0.15) is 0 Å². The van der Waals surface area contributed by atoms with Crippen molar-refractivity contribution in [3.63, 3.8) is 0 Å². The molecule has 5 rings (SSSR count). The highest BCUT2D eigenvalue weighted by Gasteiger charge is 2.23. The lowest BCUT2D eigenvalue weighted by atomic mass is 9.95. The molecule has 170 valence electrons. The Bertz CT molecular complexity index is 1500. The summed E-state index contributed by atoms with van der Waals surface area (Å²) in [7, 11) is 0. The molecule has 10 heteroatoms. The molecular weight excluding hydrogens is 430 g/mol. The van der Waals surface area contributed by atoms with Crippen LogP contribution in [-0.2, 0) is 6.42 Å². The van der Waals surface area contributed by atoms with Crippen LogP contribution in [0.4, 0.5) is 0 Å². The molecule has 0 saturated carbocycles. The average Bonchev–Trinajstić information content (AvgIpc) is 3.57. The summed E-state index contributed by atoms with van der Waals surface area (Å²) in [6, 6.07) is 15.6. The summed E-state index contributed by atoms with van der Waals surface area (Å²) in [5.74, 6) is 0.774. The molecule has 0 fully saturated rings. The summed E-state index contributed by atoms with van der Waals surface area (Å²) in [6.45, 7) is 6.06. The Kier molecular flexibility index (Phi) is 5.54. The van der Waals surface area contributed by atoms with Crippen LogP contribution in [0.15, 0.2) is 53.3 Å². The summed E-state index contributed by atoms with van der Waals surface area (Å²) in [6.07, 6.45) is 1.76. The number of nitrogens with zero attached hydrogens (tertiary/aromatic N) is 7. The Balaban J connectivity index is 1.83. The minimum atomic E-state index is -0.194. The normalized spacial score (nSPS) is 11.1. The molecule has 0 amide bonds. The van der Waals surface area contributed by atoms with Crippen molar-refractivity contribution in [3.05, 3.63) is 75.7 Å². The van der Waals surface area contributed by atoms with Gasteiger partial charge in [0, 0.05) is 16.8 Å². The lowest BCUT2D eigenvalue weighted by molar-refractivity contribution is 0.839. The van der Waals surface area contributed by atoms with E-state index in [0.29, 0.717) is 17.2 Å². The average molecular weight is 454 g/mol. The zero-order chi connectivity index (χ0) is 23.7. The molecule has 34 heavy (non-hydrogen) atoms. The number of hydrogen-bond donors (Lipinski definition) is 2. The molecule has 2 N–H and O–H groups in total. The highest BCUT2D eigenvalue weighted by atomic mass is 16.1. The zero-order valence-electron chi connectivity index (χ0n) is 19.1. The molecule has 3 heterocycles. The smallest absolute Gasteiger partial charge is 0.266 e. The number of rotatable bonds is 6. The number of hydrogen-bond acceptors (Lipinski definition) is 7. The quantitative estimate of drug-likeness (QED) is 0.403. The molecule has 0 unspecified atom stereocenters. The maximum Gasteiger partial charge on any atom is 0.266 e. The van der Waals surface area contributed by atoms with Gasteiger partial charge in [-0.25, -0.2) is 0 Å². The van der Waals surface area contributed by atoms with E-state index in [4.69, 9.17) is 0 Å². The van der Waals surface area contributed by atoms with Crippen molar-refractivity contribution in [2.24, 2.45) is 0 Å². The van der Waals surface area contributed by atoms with Gasteiger partial charge in [-0.2, -0.15) is 10.4 Å². The molecule has 5 aromatic rings. The van der Waals surface area contributed by atoms with E-state index in [-0.39, 0.29) is 5.56 Å². The van der Waals surface area contributed by atoms with Crippen molar-refractivity contribution < 1.29 is 0 Å². The van der Waals surface area contributed by atoms with Gasteiger partial charge in [-0.15, -0.1) is 20.4 Å². The Morgan fingerprint density at radius 3 is 2.09 bits per heavy atom. The first-order chi connectivity index (χ1) is 16.6. The fraction of sp³-hybridized carbons (Fsp3) is 0.208. The molecule has 0 aliphatic carbocycles. The lowest BCUT2D eigenvalue weighted by Gasteiger charge is -2.21. The summed E-state index contributed by atoms with van der Waals surface area (Å²) >= 11 is 0. The van der Waals surface area contributed by atoms with Gasteiger partial charge in [-0.05, 0) is 53.5 Å². The molecule has 10 nitrogen and oxygen atoms in total. The third-order valence-corrected chi connectivity index (χ3v) is 6.03. The summed E-state index contributed by atoms with van der Waals surface area (Å²) < 4.78 is 1.76. The van der Waals surface area contributed by atoms with E-state index < -0.39 is 0 Å². The van der Waals surface area contributed by atoms with Crippen LogP contribution in [0.2, 0.25) is 0 Å². The number of benzene rings is 2. The van der Waals surface area contributed by atoms with Crippen molar-refractivity contribution in [3.8, 4) is 39.6 Å². The van der Waals surface area contributed by atoms with Crippen LogP contribution in [0, 0.1) is 13.8 Å². The fourth-order valence-corrected chi connectivity index (χ4v) is 4.51. The molecule has 0 bridgehead atoms. The standard InChI is InChI=1S/C24H23N9O/c1-4-9-16-14(2)21(23-27-31-32-28-23)24(34)33(15(16)3)20-13-8-7-11-18(20)17-10-5-6-12-19(17)22-25-29-30-26-22/h5-8,10-13H,4,9H2,1-3H3,(H,25,26,29,30)(H,27,28,31,32). The largest absolute Gasteiger partial charge is 0.280 e. The SMILES string of the molecule is CCCc1c(C)c(-c2nn[nH]n2)c(=O)n(-c2ccccc2-c2ccccc2-c2nn[nH]n2)c1C. The first-order valence-corrected chi connectivity index (χ1v) is 11.0. The Hall–Kier alpha value is -4.47. The van der Waals surface area contributed by atoms with E-state index >= 15 is 0 Å². The maximum absolute atomic E-state index is 14.0. The van der Waals surface area contributed by atoms with Crippen LogP contribution in [0.3, 0.4) is 0 Å². The van der Waals surface area contributed by atoms with Gasteiger partial charge in [-0.3, -0.25) is 9.36 Å². The van der Waals surface area contributed by atoms with Crippen molar-refractivity contribution in [1.82, 2.24) is 45.8 Å². The Morgan fingerprint density at radius 1 is 0.824 bits per heavy atom. The molecule has 0 radical (unpaired) electrons. The van der Waals surface area contributed by atoms with Gasteiger partial charge in [0.2, 0.25) is 11.6 Å². The van der Waals surface area contributed by atoms with Crippen molar-refractivity contribution in [1.29, 1.82) is 0 Å². The molecule has 0 aliphatic rings. The second kappa shape index (κ2) is 8.81. The number of nitrogens with one attached hydrogen (secondary N) is 2. The van der Waals surface area contributed by atoms with Crippen molar-refractivity contribution in [2.75, 3.05) is 0 Å². The van der Waals surface area contributed by atoms with Crippen molar-refractivity contribution in [2.45, 2.75) is 33.6 Å². The van der Waals surface area contributed by atoms with Gasteiger partial charge < -0.3 is 0 Å². The number of H-pyrrole nitrogens is 2. The van der Waals surface area contributed by atoms with Crippen LogP contribution >= 0.6 is 0 Å². The zero-order valence-corrected chi connectivity index (χ0v) is 19.1. The van der Waals surface area contributed by atoms with E-state index in [0.717, 1.165) is 52.0 Å². The number of aromatic amines is 2. The van der Waals surface area contributed by atoms with Gasteiger partial charge in [0.15, 0.2) is 0 Å². The molecule has 0 aliphatic heterocycles. The molecule has 0 saturated heterocycles. The van der Waals surface area contributed by atoms with Crippen LogP contribution in [-0.4, -0.2) is 45.8 Å². The Labute approximate surface area is 195 Å². The molecule has 0 spiro atoms. The highest BCUT2D eigenvalue weighted by molar-refractivity contribution is 5.85. The Morgan fingerprint density at radius 2 is 1.44 bits per heavy atom. The van der Waals surface area contributed by atoms with Crippen LogP contribution in [0.25, 0.3) is 39.6 Å². The second-order valence-electron chi connectivity index (χ2n) is 7.99. The first-order valence-electron chi connectivity index (χ1n) is 11.0. The minimum Gasteiger partial charge on any atom is -0.280 e. The monoisotopic (exact) mass is 453 g/mol. The summed E-state index contributed by atoms with van der Waals surface area (Å²) in [5, 5.41) is 28.9. The van der Waals surface area contributed by atoms with Gasteiger partial charge in [0.05, 0.1) is 11.3 Å². The molecule has 3 aromatic heterocycles. The summed E-state index contributed by atoms with van der Waals surface area (Å²) in [5.41, 5.74) is 6.46. The number of para-hydroxylation sites is 1. The third kappa shape index (κ3) is 3.49. The second-order valence-corrected chi connectivity index (χ2v) is 7.99. The van der Waals surface area contributed by atoms with Crippen LogP contribution in [0.5, 0.6) is 0 Å². The number of pyridine rings is 1. The maximum atomic E-state index is 14.0. The summed E-state index contributed by atoms with van der Waals surface area (Å²) in [4.78, 5) is 14.0. The van der Waals surface area contributed by atoms with E-state index in [1.807, 2.05) is 62.4 Å². The molecule has 2 aromatic carbocycles. The predicted octanol–water partition coefficient (Wildman–Crippen LogP) is 3.43. The van der Waals surface area contributed by atoms with E-state index in [9.17, 15) is 4.79 Å². The van der Waals surface area contributed by atoms with Crippen molar-refractivity contribution >= 4 is 0 Å². The van der Waals surface area contributed by atoms with Gasteiger partial charge in [-0.1, -0.05) is 55.8 Å². The first kappa shape index (κ1) is 21.4. The van der Waals surface area contributed by atoms with Crippen LogP contribution < -0.4 is 5.56 Å². The lowest BCUT2D eigenvalue weighted by Crippen LogP contribution is -2.26. The highest BCUT2D eigenvalue weighted by Crippen LogP contribution is 2.35. The van der Waals surface area contributed by atoms with E-state index in [1.165, 1.54) is 0 Å². The van der Waals surface area contributed by atoms with E-state index in [1.54, 1.807) is 4.57 Å². The predicted molar refractivity (Wildman–Crippen MR) is 127 cm³/mol. The van der Waals surface area contributed by atoms with Crippen LogP contribution in [0.1, 0.15) is 30.2 Å². The molecule has 0 atom stereocenters. The number of tetrazole rings is 2. The topological polar surface area (TPSA) is 131 Å². The number of aromatic nitrogens is 9.